The van der Waals surface area contributed by atoms with Crippen LogP contribution in [0.25, 0.3) is 0 Å². The van der Waals surface area contributed by atoms with Crippen molar-refractivity contribution in [3.63, 3.8) is 0 Å². The molecule has 2 saturated heterocycles. The van der Waals surface area contributed by atoms with E-state index in [0.29, 0.717) is 44.3 Å². The Labute approximate surface area is 248 Å². The van der Waals surface area contributed by atoms with E-state index in [1.807, 2.05) is 17.8 Å². The number of rotatable bonds is 9. The Morgan fingerprint density at radius 3 is 2.70 bits per heavy atom. The maximum atomic E-state index is 13.5. The van der Waals surface area contributed by atoms with Crippen LogP contribution >= 0.6 is 0 Å². The topological polar surface area (TPSA) is 139 Å². The van der Waals surface area contributed by atoms with Gasteiger partial charge < -0.3 is 25.6 Å². The number of halogens is 3. The molecule has 3 N–H and O–H groups in total. The summed E-state index contributed by atoms with van der Waals surface area (Å²) in [4.78, 5) is 35.5. The van der Waals surface area contributed by atoms with Crippen molar-refractivity contribution in [3.05, 3.63) is 36.0 Å². The van der Waals surface area contributed by atoms with E-state index in [9.17, 15) is 22.8 Å². The quantitative estimate of drug-likeness (QED) is 0.364. The van der Waals surface area contributed by atoms with Crippen molar-refractivity contribution in [2.75, 3.05) is 50.0 Å². The molecule has 2 aromatic rings. The Morgan fingerprint density at radius 2 is 2.00 bits per heavy atom. The average molecular weight is 606 g/mol. The number of aryl methyl sites for hydroxylation is 1. The Balaban J connectivity index is 0.000000458. The molecule has 5 rings (SSSR count). The minimum Gasteiger partial charge on any atom is -0.495 e. The molecule has 0 bridgehead atoms. The van der Waals surface area contributed by atoms with E-state index in [2.05, 4.69) is 47.8 Å². The SMILES string of the molecule is CCN1CCC(n2cc(Nc3ncc(C(F)(F)F)c(NCCCC4CNC(=O)C4)n3)c(C)n2)CC1.O=C1C=COCC=N1. The summed E-state index contributed by atoms with van der Waals surface area (Å²) < 4.78 is 47.2. The largest absolute Gasteiger partial charge is 0.495 e. The molecule has 0 aliphatic carbocycles. The zero-order valence-corrected chi connectivity index (χ0v) is 24.4. The predicted molar refractivity (Wildman–Crippen MR) is 155 cm³/mol. The number of aromatic nitrogens is 4. The van der Waals surface area contributed by atoms with E-state index in [0.717, 1.165) is 50.8 Å². The maximum Gasteiger partial charge on any atom is 0.421 e. The normalized spacial score (nSPS) is 19.3. The number of carbonyl (C=O) groups excluding carboxylic acids is 2. The number of hydrogen-bond acceptors (Lipinski definition) is 9. The van der Waals surface area contributed by atoms with E-state index in [1.165, 1.54) is 18.6 Å². The Hall–Kier alpha value is -4.01. The molecule has 0 spiro atoms. The molecule has 43 heavy (non-hydrogen) atoms. The first kappa shape index (κ1) is 31.9. The van der Waals surface area contributed by atoms with E-state index < -0.39 is 11.7 Å². The van der Waals surface area contributed by atoms with Crippen LogP contribution in [0.4, 0.5) is 30.6 Å². The molecule has 2 aromatic heterocycles. The van der Waals surface area contributed by atoms with Crippen LogP contribution in [-0.2, 0) is 20.5 Å². The highest BCUT2D eigenvalue weighted by Crippen LogP contribution is 2.34. The average Bonchev–Trinajstić information content (AvgIpc) is 3.47. The molecule has 2 fully saturated rings. The van der Waals surface area contributed by atoms with Crippen molar-refractivity contribution < 1.29 is 27.5 Å². The molecule has 12 nitrogen and oxygen atoms in total. The summed E-state index contributed by atoms with van der Waals surface area (Å²) in [6.07, 6.45) is 6.03. The second kappa shape index (κ2) is 14.9. The number of ether oxygens (including phenoxy) is 1. The van der Waals surface area contributed by atoms with Gasteiger partial charge in [-0.05, 0) is 45.1 Å². The minimum atomic E-state index is -4.57. The zero-order valence-electron chi connectivity index (χ0n) is 24.4. The summed E-state index contributed by atoms with van der Waals surface area (Å²) in [7, 11) is 0. The lowest BCUT2D eigenvalue weighted by Crippen LogP contribution is -2.34. The van der Waals surface area contributed by atoms with Crippen molar-refractivity contribution in [2.24, 2.45) is 10.9 Å². The van der Waals surface area contributed by atoms with Crippen LogP contribution < -0.4 is 16.0 Å². The first-order chi connectivity index (χ1) is 20.6. The van der Waals surface area contributed by atoms with Gasteiger partial charge in [-0.1, -0.05) is 6.92 Å². The Kier molecular flexibility index (Phi) is 11.1. The fourth-order valence-corrected chi connectivity index (χ4v) is 5.04. The van der Waals surface area contributed by atoms with Gasteiger partial charge in [0.1, 0.15) is 18.0 Å². The molecule has 2 amide bonds. The number of piperidine rings is 1. The van der Waals surface area contributed by atoms with Gasteiger partial charge in [-0.15, -0.1) is 0 Å². The number of nitrogens with one attached hydrogen (secondary N) is 3. The molecule has 1 unspecified atom stereocenters. The predicted octanol–water partition coefficient (Wildman–Crippen LogP) is 3.86. The standard InChI is InChI=1S/C23H33F3N8O.C5H5NO2/c1-3-33-9-6-17(7-10-33)34-14-19(15(2)32-34)30-22-29-13-18(23(24,25)26)21(31-22)27-8-4-5-16-11-20(35)28-12-16;7-5-1-3-8-4-2-6-5/h13-14,16-17H,3-12H2,1-2H3,(H,28,35)(H2,27,29,30,31);1-3H,4H2. The highest BCUT2D eigenvalue weighted by atomic mass is 19.4. The summed E-state index contributed by atoms with van der Waals surface area (Å²) >= 11 is 0. The third kappa shape index (κ3) is 9.49. The van der Waals surface area contributed by atoms with E-state index in [1.54, 1.807) is 0 Å². The van der Waals surface area contributed by atoms with Gasteiger partial charge in [0.25, 0.3) is 5.91 Å². The van der Waals surface area contributed by atoms with Crippen LogP contribution in [0.3, 0.4) is 0 Å². The van der Waals surface area contributed by atoms with Gasteiger partial charge in [0.15, 0.2) is 0 Å². The van der Waals surface area contributed by atoms with Crippen LogP contribution in [0.2, 0.25) is 0 Å². The summed E-state index contributed by atoms with van der Waals surface area (Å²) in [5.74, 6) is -0.189. The van der Waals surface area contributed by atoms with E-state index in [-0.39, 0.29) is 29.5 Å². The summed E-state index contributed by atoms with van der Waals surface area (Å²) in [6.45, 7) is 8.42. The number of likely N-dealkylation sites (tertiary alicyclic amines) is 1. The van der Waals surface area contributed by atoms with Gasteiger partial charge >= 0.3 is 6.18 Å². The van der Waals surface area contributed by atoms with Gasteiger partial charge in [-0.25, -0.2) is 9.98 Å². The number of nitrogens with zero attached hydrogens (tertiary/aromatic N) is 6. The van der Waals surface area contributed by atoms with Crippen LogP contribution in [0.5, 0.6) is 0 Å². The molecule has 5 heterocycles. The molecular weight excluding hydrogens is 567 g/mol. The molecule has 3 aliphatic rings. The number of alkyl halides is 3. The summed E-state index contributed by atoms with van der Waals surface area (Å²) in [5, 5.41) is 13.3. The number of anilines is 3. The molecule has 0 saturated carbocycles. The smallest absolute Gasteiger partial charge is 0.421 e. The third-order valence-electron chi connectivity index (χ3n) is 7.48. The molecule has 234 valence electrons. The molecule has 0 aromatic carbocycles. The van der Waals surface area contributed by atoms with E-state index >= 15 is 0 Å². The summed E-state index contributed by atoms with van der Waals surface area (Å²) in [5.41, 5.74) is 0.503. The van der Waals surface area contributed by atoms with Gasteiger partial charge in [0.2, 0.25) is 11.9 Å². The highest BCUT2D eigenvalue weighted by Gasteiger charge is 2.35. The Bertz CT molecular complexity index is 1290. The lowest BCUT2D eigenvalue weighted by molar-refractivity contribution is -0.137. The van der Waals surface area contributed by atoms with Crippen LogP contribution in [0.1, 0.15) is 56.3 Å². The molecule has 3 aliphatic heterocycles. The monoisotopic (exact) mass is 605 g/mol. The van der Waals surface area contributed by atoms with E-state index in [4.69, 9.17) is 4.74 Å². The van der Waals surface area contributed by atoms with Crippen molar-refractivity contribution in [1.29, 1.82) is 0 Å². The Morgan fingerprint density at radius 1 is 1.21 bits per heavy atom. The van der Waals surface area contributed by atoms with Gasteiger partial charge in [0.05, 0.1) is 23.7 Å². The van der Waals surface area contributed by atoms with Crippen LogP contribution in [0, 0.1) is 12.8 Å². The first-order valence-corrected chi connectivity index (χ1v) is 14.5. The molecular formula is C28H38F3N9O3. The van der Waals surface area contributed by atoms with Crippen LogP contribution in [0.15, 0.2) is 29.7 Å². The van der Waals surface area contributed by atoms with Crippen molar-refractivity contribution in [2.45, 2.75) is 58.2 Å². The third-order valence-corrected chi connectivity index (χ3v) is 7.48. The number of hydrogen-bond donors (Lipinski definition) is 3. The zero-order chi connectivity index (χ0) is 30.8. The number of amides is 2. The second-order valence-electron chi connectivity index (χ2n) is 10.6. The minimum absolute atomic E-state index is 0.0267. The number of aliphatic imine (C=N–C) groups is 1. The molecule has 15 heteroatoms. The maximum absolute atomic E-state index is 13.5. The fourth-order valence-electron chi connectivity index (χ4n) is 5.04. The molecule has 1 atom stereocenters. The first-order valence-electron chi connectivity index (χ1n) is 14.5. The van der Waals surface area contributed by atoms with Crippen molar-refractivity contribution in [1.82, 2.24) is 30.0 Å². The fraction of sp³-hybridized carbons (Fsp3) is 0.571. The van der Waals surface area contributed by atoms with Crippen molar-refractivity contribution >= 4 is 35.5 Å². The second-order valence-corrected chi connectivity index (χ2v) is 10.6. The lowest BCUT2D eigenvalue weighted by atomic mass is 10.0. The van der Waals surface area contributed by atoms with Crippen molar-refractivity contribution in [3.8, 4) is 0 Å². The number of carbonyl (C=O) groups is 2. The lowest BCUT2D eigenvalue weighted by Gasteiger charge is -2.31. The summed E-state index contributed by atoms with van der Waals surface area (Å²) in [6, 6.07) is 0.295. The van der Waals surface area contributed by atoms with Gasteiger partial charge in [0, 0.05) is 57.3 Å². The van der Waals surface area contributed by atoms with Crippen LogP contribution in [-0.4, -0.2) is 82.0 Å². The highest BCUT2D eigenvalue weighted by molar-refractivity contribution is 5.94. The van der Waals surface area contributed by atoms with Gasteiger partial charge in [-0.2, -0.15) is 23.3 Å². The molecule has 0 radical (unpaired) electrons. The van der Waals surface area contributed by atoms with Gasteiger partial charge in [-0.3, -0.25) is 14.3 Å².